The van der Waals surface area contributed by atoms with Crippen LogP contribution >= 0.6 is 7.82 Å². The van der Waals surface area contributed by atoms with Crippen molar-refractivity contribution in [3.63, 3.8) is 0 Å². The number of amides is 2. The van der Waals surface area contributed by atoms with Crippen LogP contribution in [0, 0.1) is 17.3 Å². The summed E-state index contributed by atoms with van der Waals surface area (Å²) in [5.41, 5.74) is -1.28. The van der Waals surface area contributed by atoms with Gasteiger partial charge in [-0.1, -0.05) is 46.0 Å². The molecule has 1 unspecified atom stereocenters. The maximum atomic E-state index is 12.0. The summed E-state index contributed by atoms with van der Waals surface area (Å²) in [5.74, 6) is 4.07. The van der Waals surface area contributed by atoms with E-state index in [1.54, 1.807) is 0 Å². The summed E-state index contributed by atoms with van der Waals surface area (Å²) < 4.78 is 39.1. The average Bonchev–Trinajstić information content (AvgIpc) is 2.73. The van der Waals surface area contributed by atoms with Gasteiger partial charge in [-0.15, -0.1) is 5.92 Å². The third-order valence-corrected chi connectivity index (χ3v) is 6.73. The van der Waals surface area contributed by atoms with Crippen molar-refractivity contribution in [2.24, 2.45) is 5.41 Å². The van der Waals surface area contributed by atoms with Crippen LogP contribution in [0.2, 0.25) is 0 Å². The Morgan fingerprint density at radius 1 is 1.06 bits per heavy atom. The molecule has 198 valence electrons. The van der Waals surface area contributed by atoms with E-state index in [-0.39, 0.29) is 37.4 Å². The molecule has 0 aliphatic carbocycles. The highest BCUT2D eigenvalue weighted by molar-refractivity contribution is 7.91. The molecule has 0 fully saturated rings. The van der Waals surface area contributed by atoms with Crippen LogP contribution in [0.15, 0.2) is 0 Å². The van der Waals surface area contributed by atoms with Crippen LogP contribution < -0.4 is 10.6 Å². The topological polar surface area (TPSA) is 179 Å². The Kier molecular flexibility index (Phi) is 15.5. The molecule has 0 aliphatic rings. The minimum absolute atomic E-state index is 0.0801. The summed E-state index contributed by atoms with van der Waals surface area (Å²) in [5, 5.41) is 15.0. The number of nitrogens with one attached hydrogen (secondary N) is 2. The molecule has 0 bridgehead atoms. The SMILES string of the molecule is CCCCCCC#CCS(=O)(=O)CCCNC(=O)CCNC(=O)C(O)C(C)(C)COP(=O)(O)O. The Labute approximate surface area is 202 Å². The lowest BCUT2D eigenvalue weighted by Gasteiger charge is -2.29. The van der Waals surface area contributed by atoms with Crippen molar-refractivity contribution >= 4 is 29.5 Å². The first-order chi connectivity index (χ1) is 15.7. The highest BCUT2D eigenvalue weighted by atomic mass is 32.2. The number of aliphatic hydroxyl groups excluding tert-OH is 1. The number of carbonyl (C=O) groups is 2. The molecule has 0 saturated heterocycles. The molecule has 0 aromatic carbocycles. The second kappa shape index (κ2) is 16.2. The normalized spacial score (nSPS) is 13.0. The molecule has 0 radical (unpaired) electrons. The van der Waals surface area contributed by atoms with Crippen molar-refractivity contribution in [2.75, 3.05) is 31.2 Å². The highest BCUT2D eigenvalue weighted by Gasteiger charge is 2.35. The summed E-state index contributed by atoms with van der Waals surface area (Å²) in [6.45, 7) is 4.43. The zero-order valence-electron chi connectivity index (χ0n) is 20.2. The summed E-state index contributed by atoms with van der Waals surface area (Å²) >= 11 is 0. The Bertz CT molecular complexity index is 844. The fraction of sp³-hybridized carbons (Fsp3) is 0.810. The van der Waals surface area contributed by atoms with Crippen LogP contribution in [0.3, 0.4) is 0 Å². The monoisotopic (exact) mass is 526 g/mol. The second-order valence-electron chi connectivity index (χ2n) is 8.66. The van der Waals surface area contributed by atoms with Gasteiger partial charge in [-0.2, -0.15) is 0 Å². The van der Waals surface area contributed by atoms with E-state index in [1.807, 2.05) is 0 Å². The molecule has 0 aromatic heterocycles. The van der Waals surface area contributed by atoms with Gasteiger partial charge in [-0.05, 0) is 12.8 Å². The van der Waals surface area contributed by atoms with Crippen LogP contribution in [0.4, 0.5) is 0 Å². The Balaban J connectivity index is 4.11. The van der Waals surface area contributed by atoms with Crippen LogP contribution in [0.5, 0.6) is 0 Å². The lowest BCUT2D eigenvalue weighted by molar-refractivity contribution is -0.137. The first-order valence-electron chi connectivity index (χ1n) is 11.3. The summed E-state index contributed by atoms with van der Waals surface area (Å²) in [6, 6.07) is 0. The van der Waals surface area contributed by atoms with Gasteiger partial charge in [0.25, 0.3) is 0 Å². The van der Waals surface area contributed by atoms with Gasteiger partial charge in [-0.25, -0.2) is 13.0 Å². The molecule has 0 rings (SSSR count). The Morgan fingerprint density at radius 3 is 2.35 bits per heavy atom. The molecule has 11 nitrogen and oxygen atoms in total. The third-order valence-electron chi connectivity index (χ3n) is 4.77. The van der Waals surface area contributed by atoms with Gasteiger partial charge >= 0.3 is 7.82 Å². The van der Waals surface area contributed by atoms with Crippen molar-refractivity contribution in [3.8, 4) is 11.8 Å². The van der Waals surface area contributed by atoms with E-state index in [1.165, 1.54) is 13.8 Å². The maximum Gasteiger partial charge on any atom is 0.469 e. The van der Waals surface area contributed by atoms with Crippen LogP contribution in [0.1, 0.15) is 65.7 Å². The van der Waals surface area contributed by atoms with Gasteiger partial charge in [0.05, 0.1) is 12.4 Å². The number of phosphoric ester groups is 1. The van der Waals surface area contributed by atoms with E-state index < -0.39 is 47.6 Å². The predicted octanol–water partition coefficient (Wildman–Crippen LogP) is 0.884. The molecule has 0 saturated carbocycles. The summed E-state index contributed by atoms with van der Waals surface area (Å²) in [7, 11) is -8.05. The molecular weight excluding hydrogens is 487 g/mol. The van der Waals surface area contributed by atoms with Crippen molar-refractivity contribution in [3.05, 3.63) is 0 Å². The number of rotatable bonds is 17. The van der Waals surface area contributed by atoms with Gasteiger partial charge in [0.2, 0.25) is 11.8 Å². The van der Waals surface area contributed by atoms with Gasteiger partial charge in [-0.3, -0.25) is 14.1 Å². The molecule has 34 heavy (non-hydrogen) atoms. The molecule has 0 aliphatic heterocycles. The average molecular weight is 527 g/mol. The molecule has 2 amide bonds. The molecule has 1 atom stereocenters. The minimum Gasteiger partial charge on any atom is -0.383 e. The first kappa shape index (κ1) is 32.5. The fourth-order valence-corrected chi connectivity index (χ4v) is 4.20. The zero-order chi connectivity index (χ0) is 26.3. The molecule has 0 aromatic rings. The minimum atomic E-state index is -4.74. The standard InChI is InChI=1S/C21H39N2O9PS/c1-4-5-6-7-8-9-10-15-34(30,31)16-11-13-22-18(24)12-14-23-20(26)19(25)21(2,3)17-32-33(27,28)29/h19,25H,4-8,11-17H2,1-3H3,(H,22,24)(H,23,26)(H2,27,28,29). The number of aliphatic hydroxyl groups is 1. The smallest absolute Gasteiger partial charge is 0.383 e. The van der Waals surface area contributed by atoms with E-state index in [0.717, 1.165) is 25.7 Å². The van der Waals surface area contributed by atoms with E-state index in [9.17, 15) is 27.7 Å². The van der Waals surface area contributed by atoms with E-state index >= 15 is 0 Å². The second-order valence-corrected chi connectivity index (χ2v) is 12.1. The number of sulfone groups is 1. The number of hydrogen-bond acceptors (Lipinski definition) is 7. The summed E-state index contributed by atoms with van der Waals surface area (Å²) in [6.07, 6.45) is 3.57. The van der Waals surface area contributed by atoms with Crippen molar-refractivity contribution in [1.82, 2.24) is 10.6 Å². The van der Waals surface area contributed by atoms with Gasteiger partial charge in [0.15, 0.2) is 9.84 Å². The molecule has 13 heteroatoms. The number of phosphoric acid groups is 1. The number of hydrogen-bond donors (Lipinski definition) is 5. The van der Waals surface area contributed by atoms with Crippen molar-refractivity contribution in [2.45, 2.75) is 71.8 Å². The van der Waals surface area contributed by atoms with Gasteiger partial charge in [0, 0.05) is 31.3 Å². The lowest BCUT2D eigenvalue weighted by Crippen LogP contribution is -2.46. The van der Waals surface area contributed by atoms with Crippen LogP contribution in [0.25, 0.3) is 0 Å². The van der Waals surface area contributed by atoms with Crippen LogP contribution in [-0.4, -0.2) is 72.4 Å². The molecule has 5 N–H and O–H groups in total. The Hall–Kier alpha value is -1.48. The van der Waals surface area contributed by atoms with E-state index in [2.05, 4.69) is 33.9 Å². The summed E-state index contributed by atoms with van der Waals surface area (Å²) in [4.78, 5) is 41.3. The Morgan fingerprint density at radius 2 is 1.74 bits per heavy atom. The third kappa shape index (κ3) is 17.0. The molecule has 0 heterocycles. The number of unbranched alkanes of at least 4 members (excludes halogenated alkanes) is 4. The molecule has 0 spiro atoms. The molecular formula is C21H39N2O9PS. The van der Waals surface area contributed by atoms with Crippen molar-refractivity contribution < 1.29 is 42.0 Å². The zero-order valence-corrected chi connectivity index (χ0v) is 21.9. The quantitative estimate of drug-likeness (QED) is 0.104. The highest BCUT2D eigenvalue weighted by Crippen LogP contribution is 2.38. The lowest BCUT2D eigenvalue weighted by atomic mass is 9.87. The van der Waals surface area contributed by atoms with E-state index in [0.29, 0.717) is 6.42 Å². The van der Waals surface area contributed by atoms with Gasteiger partial charge in [0.1, 0.15) is 11.9 Å². The van der Waals surface area contributed by atoms with Crippen molar-refractivity contribution in [1.29, 1.82) is 0 Å². The maximum absolute atomic E-state index is 12.0. The van der Waals surface area contributed by atoms with E-state index in [4.69, 9.17) is 9.79 Å². The van der Waals surface area contributed by atoms with Gasteiger partial charge < -0.3 is 25.5 Å². The first-order valence-corrected chi connectivity index (χ1v) is 14.6. The fourth-order valence-electron chi connectivity index (χ4n) is 2.65. The van der Waals surface area contributed by atoms with Crippen LogP contribution in [-0.2, 0) is 28.5 Å². The number of carbonyl (C=O) groups excluding carboxylic acids is 2. The largest absolute Gasteiger partial charge is 0.469 e. The predicted molar refractivity (Wildman–Crippen MR) is 128 cm³/mol.